The van der Waals surface area contributed by atoms with Gasteiger partial charge in [-0.3, -0.25) is 0 Å². The number of aryl methyl sites for hydroxylation is 1. The third-order valence-corrected chi connectivity index (χ3v) is 2.44. The van der Waals surface area contributed by atoms with Crippen molar-refractivity contribution in [3.63, 3.8) is 0 Å². The van der Waals surface area contributed by atoms with E-state index in [0.29, 0.717) is 23.6 Å². The number of nitrogens with zero attached hydrogens (tertiary/aromatic N) is 2. The lowest BCUT2D eigenvalue weighted by atomic mass is 10.3. The summed E-state index contributed by atoms with van der Waals surface area (Å²) in [7, 11) is 0. The Kier molecular flexibility index (Phi) is 3.05. The van der Waals surface area contributed by atoms with Gasteiger partial charge in [0.25, 0.3) is 0 Å². The Hall–Kier alpha value is -1.62. The van der Waals surface area contributed by atoms with Gasteiger partial charge in [0.05, 0.1) is 17.3 Å². The normalized spacial score (nSPS) is 10.4. The fraction of sp³-hybridized carbons (Fsp3) is 0.200. The molecule has 1 heterocycles. The minimum atomic E-state index is -0.474. The Bertz CT molecular complexity index is 501. The number of benzene rings is 1. The van der Waals surface area contributed by atoms with Crippen molar-refractivity contribution in [3.8, 4) is 0 Å². The monoisotopic (exact) mass is 241 g/mol. The van der Waals surface area contributed by atoms with E-state index in [9.17, 15) is 4.39 Å². The molecule has 0 spiro atoms. The summed E-state index contributed by atoms with van der Waals surface area (Å²) >= 11 is 5.64. The fourth-order valence-corrected chi connectivity index (χ4v) is 1.40. The summed E-state index contributed by atoms with van der Waals surface area (Å²) in [5.74, 6) is -0.474. The van der Waals surface area contributed by atoms with Crippen LogP contribution in [0.3, 0.4) is 0 Å². The van der Waals surface area contributed by atoms with Crippen LogP contribution in [0.1, 0.15) is 11.4 Å². The van der Waals surface area contributed by atoms with Crippen LogP contribution in [0.2, 0.25) is 5.02 Å². The van der Waals surface area contributed by atoms with E-state index in [1.165, 1.54) is 6.07 Å². The van der Waals surface area contributed by atoms with E-state index >= 15 is 0 Å². The number of nitrogens with one attached hydrogen (secondary N) is 1. The molecule has 1 N–H and O–H groups in total. The lowest BCUT2D eigenvalue weighted by Gasteiger charge is -2.06. The number of halogens is 2. The van der Waals surface area contributed by atoms with Crippen LogP contribution in [-0.4, -0.2) is 10.3 Å². The highest BCUT2D eigenvalue weighted by atomic mass is 35.5. The van der Waals surface area contributed by atoms with Crippen LogP contribution in [0, 0.1) is 12.7 Å². The first kappa shape index (κ1) is 10.9. The zero-order valence-corrected chi connectivity index (χ0v) is 9.25. The highest BCUT2D eigenvalue weighted by Crippen LogP contribution is 2.22. The Labute approximate surface area is 96.4 Å². The van der Waals surface area contributed by atoms with Crippen molar-refractivity contribution in [3.05, 3.63) is 40.4 Å². The Morgan fingerprint density at radius 3 is 2.94 bits per heavy atom. The smallest absolute Gasteiger partial charge is 0.164 e. The molecule has 0 bridgehead atoms. The van der Waals surface area contributed by atoms with E-state index in [4.69, 9.17) is 11.6 Å². The summed E-state index contributed by atoms with van der Waals surface area (Å²) in [6.45, 7) is 2.11. The molecule has 0 fully saturated rings. The van der Waals surface area contributed by atoms with Crippen LogP contribution < -0.4 is 5.32 Å². The van der Waals surface area contributed by atoms with Gasteiger partial charge in [-0.2, -0.15) is 0 Å². The van der Waals surface area contributed by atoms with Crippen molar-refractivity contribution >= 4 is 17.3 Å². The molecule has 0 saturated heterocycles. The van der Waals surface area contributed by atoms with E-state index in [-0.39, 0.29) is 5.02 Å². The third kappa shape index (κ3) is 2.14. The summed E-state index contributed by atoms with van der Waals surface area (Å²) in [5, 5.41) is 10.3. The van der Waals surface area contributed by atoms with E-state index < -0.39 is 5.82 Å². The summed E-state index contributed by atoms with van der Waals surface area (Å²) in [4.78, 5) is 0. The lowest BCUT2D eigenvalue weighted by molar-refractivity contribution is 0.301. The molecule has 2 rings (SSSR count). The van der Waals surface area contributed by atoms with Crippen molar-refractivity contribution in [1.29, 1.82) is 0 Å². The van der Waals surface area contributed by atoms with E-state index in [1.54, 1.807) is 19.1 Å². The first-order valence-corrected chi connectivity index (χ1v) is 5.02. The molecule has 0 aliphatic heterocycles. The molecule has 16 heavy (non-hydrogen) atoms. The van der Waals surface area contributed by atoms with E-state index in [1.807, 2.05) is 0 Å². The number of aromatic nitrogens is 2. The van der Waals surface area contributed by atoms with Gasteiger partial charge in [-0.25, -0.2) is 9.02 Å². The molecule has 2 aromatic rings. The van der Waals surface area contributed by atoms with Gasteiger partial charge in [0, 0.05) is 0 Å². The predicted molar refractivity (Wildman–Crippen MR) is 57.8 cm³/mol. The SMILES string of the molecule is Cc1nonc1CNc1cccc(Cl)c1F. The highest BCUT2D eigenvalue weighted by molar-refractivity contribution is 6.31. The number of anilines is 1. The van der Waals surface area contributed by atoms with Crippen LogP contribution in [0.4, 0.5) is 10.1 Å². The molecule has 0 unspecified atom stereocenters. The van der Waals surface area contributed by atoms with Gasteiger partial charge in [0.15, 0.2) is 5.82 Å². The van der Waals surface area contributed by atoms with Crippen molar-refractivity contribution in [2.24, 2.45) is 0 Å². The molecule has 4 nitrogen and oxygen atoms in total. The van der Waals surface area contributed by atoms with Gasteiger partial charge < -0.3 is 5.32 Å². The van der Waals surface area contributed by atoms with Gasteiger partial charge in [-0.05, 0) is 19.1 Å². The maximum absolute atomic E-state index is 13.5. The van der Waals surface area contributed by atoms with Crippen LogP contribution in [0.15, 0.2) is 22.8 Å². The average Bonchev–Trinajstić information content (AvgIpc) is 2.67. The molecule has 0 aliphatic rings. The van der Waals surface area contributed by atoms with Crippen molar-refractivity contribution in [2.45, 2.75) is 13.5 Å². The third-order valence-electron chi connectivity index (χ3n) is 2.14. The maximum Gasteiger partial charge on any atom is 0.164 e. The zero-order chi connectivity index (χ0) is 11.5. The minimum absolute atomic E-state index is 0.0833. The van der Waals surface area contributed by atoms with Crippen LogP contribution in [-0.2, 0) is 6.54 Å². The second-order valence-corrected chi connectivity index (χ2v) is 3.66. The molecular weight excluding hydrogens is 233 g/mol. The average molecular weight is 242 g/mol. The summed E-state index contributed by atoms with van der Waals surface area (Å²) < 4.78 is 18.0. The molecule has 0 amide bonds. The molecule has 0 aliphatic carbocycles. The van der Waals surface area contributed by atoms with E-state index in [2.05, 4.69) is 20.3 Å². The van der Waals surface area contributed by atoms with Gasteiger partial charge >= 0.3 is 0 Å². The highest BCUT2D eigenvalue weighted by Gasteiger charge is 2.08. The standard InChI is InChI=1S/C10H9ClFN3O/c1-6-9(15-16-14-6)5-13-8-4-2-3-7(11)10(8)12/h2-4,13H,5H2,1H3. The van der Waals surface area contributed by atoms with Gasteiger partial charge in [0.2, 0.25) is 0 Å². The van der Waals surface area contributed by atoms with Crippen molar-refractivity contribution < 1.29 is 9.02 Å². The van der Waals surface area contributed by atoms with Crippen LogP contribution in [0.5, 0.6) is 0 Å². The van der Waals surface area contributed by atoms with E-state index in [0.717, 1.165) is 0 Å². The number of hydrogen-bond donors (Lipinski definition) is 1. The van der Waals surface area contributed by atoms with Gasteiger partial charge in [0.1, 0.15) is 11.4 Å². The summed E-state index contributed by atoms with van der Waals surface area (Å²) in [6, 6.07) is 4.76. The molecule has 0 saturated carbocycles. The molecule has 84 valence electrons. The molecule has 6 heteroatoms. The molecule has 1 aromatic carbocycles. The van der Waals surface area contributed by atoms with Gasteiger partial charge in [-0.1, -0.05) is 28.0 Å². The molecule has 1 aromatic heterocycles. The quantitative estimate of drug-likeness (QED) is 0.898. The molecular formula is C10H9ClFN3O. The molecule has 0 radical (unpaired) electrons. The first-order valence-electron chi connectivity index (χ1n) is 4.64. The Morgan fingerprint density at radius 2 is 2.25 bits per heavy atom. The second-order valence-electron chi connectivity index (χ2n) is 3.25. The number of hydrogen-bond acceptors (Lipinski definition) is 4. The maximum atomic E-state index is 13.5. The fourth-order valence-electron chi connectivity index (χ4n) is 1.23. The largest absolute Gasteiger partial charge is 0.377 e. The topological polar surface area (TPSA) is 51.0 Å². The Balaban J connectivity index is 2.11. The lowest BCUT2D eigenvalue weighted by Crippen LogP contribution is -2.03. The number of rotatable bonds is 3. The van der Waals surface area contributed by atoms with Crippen LogP contribution >= 0.6 is 11.6 Å². The molecule has 0 atom stereocenters. The predicted octanol–water partition coefficient (Wildman–Crippen LogP) is 2.78. The zero-order valence-electron chi connectivity index (χ0n) is 8.50. The first-order chi connectivity index (χ1) is 7.68. The van der Waals surface area contributed by atoms with Crippen molar-refractivity contribution in [1.82, 2.24) is 10.3 Å². The summed E-state index contributed by atoms with van der Waals surface area (Å²) in [6.07, 6.45) is 0. The van der Waals surface area contributed by atoms with Crippen LogP contribution in [0.25, 0.3) is 0 Å². The Morgan fingerprint density at radius 1 is 1.44 bits per heavy atom. The van der Waals surface area contributed by atoms with Crippen molar-refractivity contribution in [2.75, 3.05) is 5.32 Å². The second kappa shape index (κ2) is 4.49. The minimum Gasteiger partial charge on any atom is -0.377 e. The van der Waals surface area contributed by atoms with Gasteiger partial charge in [-0.15, -0.1) is 0 Å². The summed E-state index contributed by atoms with van der Waals surface area (Å²) in [5.41, 5.74) is 1.64.